The second-order valence-electron chi connectivity index (χ2n) is 9.42. The van der Waals surface area contributed by atoms with E-state index >= 15 is 0 Å². The van der Waals surface area contributed by atoms with Crippen molar-refractivity contribution >= 4 is 50.5 Å². The molecule has 1 amide bonds. The average molecular weight is 575 g/mol. The highest BCUT2D eigenvalue weighted by Gasteiger charge is 2.42. The number of carbonyl (C=O) groups excluding carboxylic acids is 1. The number of aromatic nitrogens is 2. The van der Waals surface area contributed by atoms with Crippen LogP contribution in [0.2, 0.25) is 0 Å². The summed E-state index contributed by atoms with van der Waals surface area (Å²) in [5, 5.41) is 7.18. The van der Waals surface area contributed by atoms with Crippen LogP contribution in [0, 0.1) is 12.8 Å². The predicted molar refractivity (Wildman–Crippen MR) is 156 cm³/mol. The Kier molecular flexibility index (Phi) is 7.13. The minimum Gasteiger partial charge on any atom is -0.351 e. The fourth-order valence-electron chi connectivity index (χ4n) is 4.64. The maximum absolute atomic E-state index is 12.3. The van der Waals surface area contributed by atoms with E-state index in [9.17, 15) is 4.79 Å². The van der Waals surface area contributed by atoms with Crippen molar-refractivity contribution in [1.82, 2.24) is 14.9 Å². The van der Waals surface area contributed by atoms with Gasteiger partial charge in [-0.2, -0.15) is 0 Å². The third-order valence-electron chi connectivity index (χ3n) is 6.54. The highest BCUT2D eigenvalue weighted by Crippen LogP contribution is 2.43. The summed E-state index contributed by atoms with van der Waals surface area (Å²) in [7, 11) is 0. The van der Waals surface area contributed by atoms with Crippen LogP contribution in [0.3, 0.4) is 0 Å². The van der Waals surface area contributed by atoms with Crippen molar-refractivity contribution in [1.29, 1.82) is 0 Å². The van der Waals surface area contributed by atoms with Crippen LogP contribution in [0.25, 0.3) is 5.69 Å². The van der Waals surface area contributed by atoms with Crippen LogP contribution in [0.1, 0.15) is 42.9 Å². The normalized spacial score (nSPS) is 17.2. The van der Waals surface area contributed by atoms with Crippen molar-refractivity contribution in [3.8, 4) is 5.69 Å². The molecule has 0 aliphatic carbocycles. The second kappa shape index (κ2) is 10.5. The molecule has 37 heavy (non-hydrogen) atoms. The first-order valence-electron chi connectivity index (χ1n) is 12.2. The van der Waals surface area contributed by atoms with E-state index in [0.29, 0.717) is 5.11 Å². The summed E-state index contributed by atoms with van der Waals surface area (Å²) in [4.78, 5) is 19.1. The number of nitrogens with one attached hydrogen (secondary N) is 2. The summed E-state index contributed by atoms with van der Waals surface area (Å²) in [6.45, 7) is 5.77. The summed E-state index contributed by atoms with van der Waals surface area (Å²) in [5.74, 6) is -0.0992. The first-order chi connectivity index (χ1) is 17.8. The van der Waals surface area contributed by atoms with Crippen molar-refractivity contribution in [2.45, 2.75) is 32.9 Å². The molecule has 1 saturated heterocycles. The van der Waals surface area contributed by atoms with Gasteiger partial charge in [-0.05, 0) is 85.4 Å². The third-order valence-corrected chi connectivity index (χ3v) is 7.35. The zero-order valence-electron chi connectivity index (χ0n) is 20.9. The van der Waals surface area contributed by atoms with E-state index < -0.39 is 0 Å². The number of aryl methyl sites for hydroxylation is 1. The number of amides is 1. The lowest BCUT2D eigenvalue weighted by molar-refractivity contribution is -0.118. The number of rotatable bonds is 6. The van der Waals surface area contributed by atoms with Gasteiger partial charge in [-0.1, -0.05) is 41.9 Å². The summed E-state index contributed by atoms with van der Waals surface area (Å²) in [6.07, 6.45) is 3.88. The Bertz CT molecular complexity index is 1450. The highest BCUT2D eigenvalue weighted by atomic mass is 79.9. The van der Waals surface area contributed by atoms with Gasteiger partial charge in [0, 0.05) is 45.5 Å². The minimum atomic E-state index is -0.160. The number of carbonyl (C=O) groups is 1. The number of hydrogen-bond acceptors (Lipinski definition) is 3. The number of thiocarbonyl (C=S) groups is 1. The van der Waals surface area contributed by atoms with Crippen LogP contribution in [-0.2, 0) is 4.79 Å². The van der Waals surface area contributed by atoms with E-state index in [1.165, 1.54) is 0 Å². The Morgan fingerprint density at radius 2 is 1.89 bits per heavy atom. The second-order valence-corrected chi connectivity index (χ2v) is 10.7. The van der Waals surface area contributed by atoms with Gasteiger partial charge in [0.05, 0.1) is 11.7 Å². The molecular formula is C29H28BrN5OS. The van der Waals surface area contributed by atoms with Gasteiger partial charge in [0.1, 0.15) is 6.04 Å². The summed E-state index contributed by atoms with van der Waals surface area (Å²) < 4.78 is 3.20. The van der Waals surface area contributed by atoms with Crippen molar-refractivity contribution < 1.29 is 4.79 Å². The van der Waals surface area contributed by atoms with Crippen LogP contribution in [0.4, 0.5) is 11.4 Å². The van der Waals surface area contributed by atoms with Crippen LogP contribution in [0.5, 0.6) is 0 Å². The van der Waals surface area contributed by atoms with E-state index in [4.69, 9.17) is 12.2 Å². The molecule has 6 nitrogen and oxygen atoms in total. The number of halogens is 1. The fourth-order valence-corrected chi connectivity index (χ4v) is 5.38. The lowest BCUT2D eigenvalue weighted by Gasteiger charge is -2.29. The van der Waals surface area contributed by atoms with E-state index in [2.05, 4.69) is 77.5 Å². The standard InChI is InChI=1S/C29H28BrN5OS/c1-18(2)28(36)32-23-13-12-22(16-19(23)3)35-27(26(33-29(35)37)24-10-4-5-14-31-24)25-11-7-15-34(25)21-9-6-8-20(30)17-21/h4-18,26-27H,1-3H3,(H,32,36)(H,33,37)/t26-,27+/m0/s1. The monoisotopic (exact) mass is 573 g/mol. The molecule has 0 bridgehead atoms. The SMILES string of the molecule is Cc1cc(N2C(=S)N[C@@H](c3ccccn3)[C@H]2c2cccn2-c2cccc(Br)c2)ccc1NC(=O)C(C)C. The van der Waals surface area contributed by atoms with Crippen molar-refractivity contribution in [3.05, 3.63) is 107 Å². The smallest absolute Gasteiger partial charge is 0.226 e. The highest BCUT2D eigenvalue weighted by molar-refractivity contribution is 9.10. The molecule has 5 rings (SSSR count). The molecule has 0 saturated carbocycles. The van der Waals surface area contributed by atoms with Gasteiger partial charge in [0.2, 0.25) is 5.91 Å². The number of hydrogen-bond donors (Lipinski definition) is 2. The maximum atomic E-state index is 12.3. The van der Waals surface area contributed by atoms with Crippen molar-refractivity contribution in [3.63, 3.8) is 0 Å². The molecule has 4 aromatic rings. The average Bonchev–Trinajstić information content (AvgIpc) is 3.50. The van der Waals surface area contributed by atoms with Gasteiger partial charge in [-0.15, -0.1) is 0 Å². The molecule has 2 aromatic carbocycles. The Morgan fingerprint density at radius 3 is 2.59 bits per heavy atom. The summed E-state index contributed by atoms with van der Waals surface area (Å²) in [6, 6.07) is 24.1. The molecule has 0 radical (unpaired) electrons. The Hall–Kier alpha value is -3.49. The number of pyridine rings is 1. The lowest BCUT2D eigenvalue weighted by Crippen LogP contribution is -2.30. The Balaban J connectivity index is 1.60. The van der Waals surface area contributed by atoms with Gasteiger partial charge < -0.3 is 20.1 Å². The number of nitrogens with zero attached hydrogens (tertiary/aromatic N) is 3. The van der Waals surface area contributed by atoms with Gasteiger partial charge >= 0.3 is 0 Å². The number of benzene rings is 2. The third kappa shape index (κ3) is 5.04. The summed E-state index contributed by atoms with van der Waals surface area (Å²) in [5.41, 5.74) is 5.76. The topological polar surface area (TPSA) is 62.2 Å². The van der Waals surface area contributed by atoms with Gasteiger partial charge in [-0.3, -0.25) is 9.78 Å². The zero-order chi connectivity index (χ0) is 26.1. The first-order valence-corrected chi connectivity index (χ1v) is 13.4. The maximum Gasteiger partial charge on any atom is 0.226 e. The van der Waals surface area contributed by atoms with Crippen LogP contribution >= 0.6 is 28.1 Å². The van der Waals surface area contributed by atoms with E-state index in [-0.39, 0.29) is 23.9 Å². The molecule has 1 aliphatic heterocycles. The minimum absolute atomic E-state index is 0.00541. The molecule has 3 heterocycles. The Morgan fingerprint density at radius 1 is 1.05 bits per heavy atom. The van der Waals surface area contributed by atoms with Crippen molar-refractivity contribution in [2.24, 2.45) is 5.92 Å². The molecule has 0 spiro atoms. The molecule has 2 N–H and O–H groups in total. The zero-order valence-corrected chi connectivity index (χ0v) is 23.3. The van der Waals surface area contributed by atoms with Gasteiger partial charge in [-0.25, -0.2) is 0 Å². The van der Waals surface area contributed by atoms with Gasteiger partial charge in [0.15, 0.2) is 5.11 Å². The van der Waals surface area contributed by atoms with Crippen LogP contribution < -0.4 is 15.5 Å². The number of anilines is 2. The molecule has 2 aromatic heterocycles. The van der Waals surface area contributed by atoms with Crippen molar-refractivity contribution in [2.75, 3.05) is 10.2 Å². The molecular weight excluding hydrogens is 546 g/mol. The van der Waals surface area contributed by atoms with Crippen LogP contribution in [-0.4, -0.2) is 20.6 Å². The quantitative estimate of drug-likeness (QED) is 0.251. The molecule has 8 heteroatoms. The molecule has 188 valence electrons. The molecule has 0 unspecified atom stereocenters. The predicted octanol–water partition coefficient (Wildman–Crippen LogP) is 6.71. The fraction of sp³-hybridized carbons (Fsp3) is 0.207. The van der Waals surface area contributed by atoms with Crippen LogP contribution in [0.15, 0.2) is 89.7 Å². The molecule has 1 aliphatic rings. The van der Waals surface area contributed by atoms with E-state index in [0.717, 1.165) is 38.5 Å². The summed E-state index contributed by atoms with van der Waals surface area (Å²) >= 11 is 9.52. The van der Waals surface area contributed by atoms with E-state index in [1.54, 1.807) is 0 Å². The van der Waals surface area contributed by atoms with E-state index in [1.807, 2.05) is 69.4 Å². The molecule has 2 atom stereocenters. The first kappa shape index (κ1) is 25.2. The van der Waals surface area contributed by atoms with Gasteiger partial charge in [0.25, 0.3) is 0 Å². The molecule has 1 fully saturated rings. The largest absolute Gasteiger partial charge is 0.351 e. The Labute approximate surface area is 230 Å². The lowest BCUT2D eigenvalue weighted by atomic mass is 10.00.